The minimum atomic E-state index is -1.67. The van der Waals surface area contributed by atoms with Gasteiger partial charge in [-0.1, -0.05) is 0 Å². The highest BCUT2D eigenvalue weighted by Crippen LogP contribution is 2.37. The highest BCUT2D eigenvalue weighted by Gasteiger charge is 2.44. The molecule has 0 radical (unpaired) electrons. The van der Waals surface area contributed by atoms with Crippen molar-refractivity contribution < 1.29 is 44.2 Å². The molecule has 32 heavy (non-hydrogen) atoms. The Balaban J connectivity index is 1.89. The maximum absolute atomic E-state index is 13.3. The van der Waals surface area contributed by atoms with E-state index in [1.165, 1.54) is 20.1 Å². The van der Waals surface area contributed by atoms with E-state index in [4.69, 9.17) is 18.6 Å². The lowest BCUT2D eigenvalue weighted by atomic mass is 10.00. The predicted octanol–water partition coefficient (Wildman–Crippen LogP) is 1.09. The summed E-state index contributed by atoms with van der Waals surface area (Å²) in [7, 11) is 1.49. The van der Waals surface area contributed by atoms with Crippen molar-refractivity contribution >= 4 is 11.0 Å². The van der Waals surface area contributed by atoms with Crippen LogP contribution in [0.1, 0.15) is 6.92 Å². The van der Waals surface area contributed by atoms with E-state index in [1.54, 1.807) is 24.3 Å². The first-order valence-electron chi connectivity index (χ1n) is 9.74. The van der Waals surface area contributed by atoms with E-state index in [9.17, 15) is 30.3 Å². The molecule has 3 aromatic rings. The minimum absolute atomic E-state index is 0.0702. The van der Waals surface area contributed by atoms with Crippen LogP contribution < -0.4 is 14.9 Å². The van der Waals surface area contributed by atoms with Crippen molar-refractivity contribution in [2.45, 2.75) is 37.6 Å². The van der Waals surface area contributed by atoms with E-state index in [0.717, 1.165) is 6.07 Å². The molecular formula is C22H22O10. The Hall–Kier alpha value is -3.31. The number of hydrogen-bond acceptors (Lipinski definition) is 10. The molecule has 5 unspecified atom stereocenters. The molecule has 10 heteroatoms. The third-order valence-corrected chi connectivity index (χ3v) is 5.31. The van der Waals surface area contributed by atoms with Gasteiger partial charge in [-0.2, -0.15) is 0 Å². The Morgan fingerprint density at radius 2 is 1.66 bits per heavy atom. The molecule has 2 aromatic carbocycles. The summed E-state index contributed by atoms with van der Waals surface area (Å²) in [6.45, 7) is 1.47. The zero-order chi connectivity index (χ0) is 23.2. The molecule has 1 aliphatic heterocycles. The van der Waals surface area contributed by atoms with Gasteiger partial charge in [-0.3, -0.25) is 4.79 Å². The van der Waals surface area contributed by atoms with Crippen LogP contribution in [0.4, 0.5) is 0 Å². The smallest absolute Gasteiger partial charge is 0.239 e. The normalized spacial score (nSPS) is 25.6. The standard InChI is InChI=1S/C22H22O10/c1-9-16(25)18(27)19(28)22(30-9)32-21-17(26)15-13(24)7-11(23)8-14(15)31-20(21)10-3-5-12(29-2)6-4-10/h3-9,16,18-19,22-25,27-28H,1-2H3. The number of hydrogen-bond donors (Lipinski definition) is 5. The molecule has 0 saturated carbocycles. The maximum atomic E-state index is 13.3. The van der Waals surface area contributed by atoms with E-state index in [0.29, 0.717) is 11.3 Å². The molecule has 1 saturated heterocycles. The molecule has 0 amide bonds. The van der Waals surface area contributed by atoms with Gasteiger partial charge in [0.15, 0.2) is 5.76 Å². The van der Waals surface area contributed by atoms with Crippen molar-refractivity contribution in [3.8, 4) is 34.3 Å². The van der Waals surface area contributed by atoms with Gasteiger partial charge in [0.25, 0.3) is 0 Å². The molecule has 170 valence electrons. The van der Waals surface area contributed by atoms with Crippen LogP contribution >= 0.6 is 0 Å². The highest BCUT2D eigenvalue weighted by atomic mass is 16.7. The number of phenols is 2. The Morgan fingerprint density at radius 3 is 2.31 bits per heavy atom. The molecular weight excluding hydrogens is 424 g/mol. The summed E-state index contributed by atoms with van der Waals surface area (Å²) in [5.41, 5.74) is -0.500. The average molecular weight is 446 g/mol. The monoisotopic (exact) mass is 446 g/mol. The first-order chi connectivity index (χ1) is 15.2. The topological polar surface area (TPSA) is 159 Å². The van der Waals surface area contributed by atoms with Crippen LogP contribution in [0.5, 0.6) is 23.0 Å². The summed E-state index contributed by atoms with van der Waals surface area (Å²) in [6.07, 6.45) is -7.02. The van der Waals surface area contributed by atoms with Gasteiger partial charge in [0.2, 0.25) is 17.5 Å². The SMILES string of the molecule is COc1ccc(-c2oc3cc(O)cc(O)c3c(=O)c2OC2OC(C)C(O)C(O)C2O)cc1. The zero-order valence-electron chi connectivity index (χ0n) is 17.1. The molecule has 0 aliphatic carbocycles. The number of ether oxygens (including phenoxy) is 3. The number of aliphatic hydroxyl groups is 3. The van der Waals surface area contributed by atoms with Gasteiger partial charge in [0.1, 0.15) is 46.5 Å². The van der Waals surface area contributed by atoms with Crippen LogP contribution in [-0.2, 0) is 4.74 Å². The minimum Gasteiger partial charge on any atom is -0.508 e. The van der Waals surface area contributed by atoms with Crippen LogP contribution in [0.3, 0.4) is 0 Å². The maximum Gasteiger partial charge on any atom is 0.239 e. The highest BCUT2D eigenvalue weighted by molar-refractivity contribution is 5.88. The number of phenolic OH excluding ortho intramolecular Hbond substituents is 2. The first-order valence-corrected chi connectivity index (χ1v) is 9.74. The van der Waals surface area contributed by atoms with Crippen molar-refractivity contribution in [1.29, 1.82) is 0 Å². The quantitative estimate of drug-likeness (QED) is 0.393. The van der Waals surface area contributed by atoms with E-state index < -0.39 is 47.6 Å². The van der Waals surface area contributed by atoms with E-state index in [-0.39, 0.29) is 22.5 Å². The molecule has 2 heterocycles. The Bertz CT molecular complexity index is 1190. The third kappa shape index (κ3) is 3.73. The lowest BCUT2D eigenvalue weighted by Gasteiger charge is -2.38. The molecule has 1 aromatic heterocycles. The number of aromatic hydroxyl groups is 2. The summed E-state index contributed by atoms with van der Waals surface area (Å²) in [5, 5.41) is 50.1. The number of aliphatic hydroxyl groups excluding tert-OH is 3. The second-order valence-corrected chi connectivity index (χ2v) is 7.46. The zero-order valence-corrected chi connectivity index (χ0v) is 17.1. The number of rotatable bonds is 4. The molecule has 0 bridgehead atoms. The first kappa shape index (κ1) is 21.9. The third-order valence-electron chi connectivity index (χ3n) is 5.31. The Kier molecular flexibility index (Phi) is 5.70. The molecule has 10 nitrogen and oxygen atoms in total. The fraction of sp³-hybridized carbons (Fsp3) is 0.318. The second-order valence-electron chi connectivity index (χ2n) is 7.46. The van der Waals surface area contributed by atoms with Gasteiger partial charge in [0, 0.05) is 17.7 Å². The molecule has 5 atom stereocenters. The van der Waals surface area contributed by atoms with Crippen LogP contribution in [0, 0.1) is 0 Å². The lowest BCUT2D eigenvalue weighted by molar-refractivity contribution is -0.268. The van der Waals surface area contributed by atoms with Gasteiger partial charge in [-0.25, -0.2) is 0 Å². The summed E-state index contributed by atoms with van der Waals surface area (Å²) in [5.74, 6) is -0.771. The van der Waals surface area contributed by atoms with E-state index >= 15 is 0 Å². The Morgan fingerprint density at radius 1 is 0.969 bits per heavy atom. The number of fused-ring (bicyclic) bond motifs is 1. The van der Waals surface area contributed by atoms with Crippen molar-refractivity contribution in [2.75, 3.05) is 7.11 Å². The molecule has 4 rings (SSSR count). The van der Waals surface area contributed by atoms with Gasteiger partial charge < -0.3 is 44.2 Å². The Labute approximate surface area is 181 Å². The predicted molar refractivity (Wildman–Crippen MR) is 111 cm³/mol. The molecule has 1 fully saturated rings. The van der Waals surface area contributed by atoms with Gasteiger partial charge >= 0.3 is 0 Å². The molecule has 0 spiro atoms. The lowest BCUT2D eigenvalue weighted by Crippen LogP contribution is -2.58. The van der Waals surface area contributed by atoms with Crippen LogP contribution in [0.15, 0.2) is 45.6 Å². The van der Waals surface area contributed by atoms with Gasteiger partial charge in [-0.05, 0) is 31.2 Å². The summed E-state index contributed by atoms with van der Waals surface area (Å²) in [6, 6.07) is 8.58. The van der Waals surface area contributed by atoms with E-state index in [1.807, 2.05) is 0 Å². The van der Waals surface area contributed by atoms with Crippen LogP contribution in [0.25, 0.3) is 22.3 Å². The van der Waals surface area contributed by atoms with Crippen LogP contribution in [0.2, 0.25) is 0 Å². The van der Waals surface area contributed by atoms with Gasteiger partial charge in [0.05, 0.1) is 13.2 Å². The summed E-state index contributed by atoms with van der Waals surface area (Å²) in [4.78, 5) is 13.3. The fourth-order valence-corrected chi connectivity index (χ4v) is 3.53. The van der Waals surface area contributed by atoms with E-state index in [2.05, 4.69) is 0 Å². The number of benzene rings is 2. The van der Waals surface area contributed by atoms with Crippen LogP contribution in [-0.4, -0.2) is 63.3 Å². The summed E-state index contributed by atoms with van der Waals surface area (Å²) >= 11 is 0. The number of methoxy groups -OCH3 is 1. The average Bonchev–Trinajstić information content (AvgIpc) is 2.77. The molecule has 1 aliphatic rings. The second kappa shape index (κ2) is 8.32. The largest absolute Gasteiger partial charge is 0.508 e. The van der Waals surface area contributed by atoms with Gasteiger partial charge in [-0.15, -0.1) is 0 Å². The van der Waals surface area contributed by atoms with Crippen molar-refractivity contribution in [2.24, 2.45) is 0 Å². The fourth-order valence-electron chi connectivity index (χ4n) is 3.53. The van der Waals surface area contributed by atoms with Crippen molar-refractivity contribution in [3.05, 3.63) is 46.6 Å². The molecule has 5 N–H and O–H groups in total. The van der Waals surface area contributed by atoms with Crippen molar-refractivity contribution in [1.82, 2.24) is 0 Å². The van der Waals surface area contributed by atoms with Crippen molar-refractivity contribution in [3.63, 3.8) is 0 Å². The summed E-state index contributed by atoms with van der Waals surface area (Å²) < 4.78 is 22.1.